The number of rotatable bonds is 5. The number of hydrogen-bond donors (Lipinski definition) is 1. The number of benzene rings is 2. The topological polar surface area (TPSA) is 51.3 Å². The predicted octanol–water partition coefficient (Wildman–Crippen LogP) is 4.05. The van der Waals surface area contributed by atoms with Crippen LogP contribution in [0, 0.1) is 0 Å². The third-order valence-electron chi connectivity index (χ3n) is 3.52. The van der Waals surface area contributed by atoms with Crippen molar-refractivity contribution in [3.05, 3.63) is 78.1 Å². The number of carbonyl (C=O) groups is 1. The van der Waals surface area contributed by atoms with E-state index < -0.39 is 0 Å². The first-order valence-electron chi connectivity index (χ1n) is 7.31. The highest BCUT2D eigenvalue weighted by atomic mass is 16.5. The molecule has 1 aromatic heterocycles. The van der Waals surface area contributed by atoms with E-state index in [9.17, 15) is 4.79 Å². The van der Waals surface area contributed by atoms with Gasteiger partial charge in [-0.2, -0.15) is 0 Å². The van der Waals surface area contributed by atoms with Gasteiger partial charge in [0.25, 0.3) is 0 Å². The monoisotopic (exact) mass is 307 g/mol. The molecule has 0 bridgehead atoms. The van der Waals surface area contributed by atoms with Gasteiger partial charge >= 0.3 is 5.97 Å². The lowest BCUT2D eigenvalue weighted by molar-refractivity contribution is 0.0595. The van der Waals surface area contributed by atoms with Crippen molar-refractivity contribution >= 4 is 5.97 Å². The number of hydrogen-bond acceptors (Lipinski definition) is 3. The van der Waals surface area contributed by atoms with Gasteiger partial charge in [-0.15, -0.1) is 0 Å². The number of carbonyl (C=O) groups excluding carboxylic acids is 1. The molecule has 0 atom stereocenters. The number of ether oxygens (including phenoxy) is 2. The van der Waals surface area contributed by atoms with Crippen molar-refractivity contribution in [1.29, 1.82) is 0 Å². The van der Waals surface area contributed by atoms with Crippen LogP contribution in [0.1, 0.15) is 16.1 Å². The van der Waals surface area contributed by atoms with Gasteiger partial charge in [0.1, 0.15) is 18.1 Å². The van der Waals surface area contributed by atoms with Crippen LogP contribution in [0.25, 0.3) is 11.1 Å². The highest BCUT2D eigenvalue weighted by Crippen LogP contribution is 2.31. The van der Waals surface area contributed by atoms with E-state index in [0.717, 1.165) is 22.4 Å². The van der Waals surface area contributed by atoms with Crippen molar-refractivity contribution in [2.75, 3.05) is 7.11 Å². The highest BCUT2D eigenvalue weighted by molar-refractivity contribution is 5.89. The molecule has 0 unspecified atom stereocenters. The standard InChI is InChI=1S/C19H17NO3/c1-22-19(21)17-11-15(12-20-17)16-9-5-6-10-18(16)23-13-14-7-3-2-4-8-14/h2-12,20H,13H2,1H3. The molecule has 4 heteroatoms. The summed E-state index contributed by atoms with van der Waals surface area (Å²) in [6, 6.07) is 19.5. The first-order chi connectivity index (χ1) is 11.3. The molecule has 2 aromatic carbocycles. The molecule has 4 nitrogen and oxygen atoms in total. The van der Waals surface area contributed by atoms with E-state index in [0.29, 0.717) is 12.3 Å². The Morgan fingerprint density at radius 2 is 1.78 bits per heavy atom. The Morgan fingerprint density at radius 3 is 2.57 bits per heavy atom. The molecule has 0 aliphatic rings. The summed E-state index contributed by atoms with van der Waals surface area (Å²) < 4.78 is 10.7. The quantitative estimate of drug-likeness (QED) is 0.724. The van der Waals surface area contributed by atoms with Crippen LogP contribution in [0.5, 0.6) is 5.75 Å². The normalized spacial score (nSPS) is 10.3. The summed E-state index contributed by atoms with van der Waals surface area (Å²) in [6.07, 6.45) is 1.77. The summed E-state index contributed by atoms with van der Waals surface area (Å²) in [5.74, 6) is 0.380. The van der Waals surface area contributed by atoms with Gasteiger partial charge < -0.3 is 14.5 Å². The summed E-state index contributed by atoms with van der Waals surface area (Å²) in [6.45, 7) is 0.492. The second kappa shape index (κ2) is 6.83. The van der Waals surface area contributed by atoms with Crippen LogP contribution in [0.15, 0.2) is 66.9 Å². The van der Waals surface area contributed by atoms with Gasteiger partial charge in [-0.1, -0.05) is 48.5 Å². The van der Waals surface area contributed by atoms with Gasteiger partial charge in [-0.25, -0.2) is 4.79 Å². The van der Waals surface area contributed by atoms with Crippen molar-refractivity contribution in [3.8, 4) is 16.9 Å². The van der Waals surface area contributed by atoms with Gasteiger partial charge in [0, 0.05) is 17.3 Å². The minimum atomic E-state index is -0.390. The number of nitrogens with one attached hydrogen (secondary N) is 1. The molecule has 23 heavy (non-hydrogen) atoms. The van der Waals surface area contributed by atoms with Gasteiger partial charge in [-0.05, 0) is 17.7 Å². The maximum atomic E-state index is 11.6. The Labute approximate surface area is 134 Å². The van der Waals surface area contributed by atoms with Gasteiger partial charge in [0.15, 0.2) is 0 Å². The zero-order valence-electron chi connectivity index (χ0n) is 12.8. The van der Waals surface area contributed by atoms with Crippen molar-refractivity contribution < 1.29 is 14.3 Å². The lowest BCUT2D eigenvalue weighted by atomic mass is 10.1. The number of aromatic amines is 1. The van der Waals surface area contributed by atoms with Crippen molar-refractivity contribution in [2.45, 2.75) is 6.61 Å². The van der Waals surface area contributed by atoms with Crippen LogP contribution >= 0.6 is 0 Å². The molecule has 0 aliphatic heterocycles. The van der Waals surface area contributed by atoms with E-state index >= 15 is 0 Å². The minimum absolute atomic E-state index is 0.390. The SMILES string of the molecule is COC(=O)c1cc(-c2ccccc2OCc2ccccc2)c[nH]1. The fourth-order valence-corrected chi connectivity index (χ4v) is 2.34. The fraction of sp³-hybridized carbons (Fsp3) is 0.105. The Balaban J connectivity index is 1.83. The molecule has 1 N–H and O–H groups in total. The Bertz CT molecular complexity index is 793. The molecular weight excluding hydrogens is 290 g/mol. The van der Waals surface area contributed by atoms with Gasteiger partial charge in [-0.3, -0.25) is 0 Å². The van der Waals surface area contributed by atoms with Crippen LogP contribution in [0.4, 0.5) is 0 Å². The fourth-order valence-electron chi connectivity index (χ4n) is 2.34. The number of aromatic nitrogens is 1. The summed E-state index contributed by atoms with van der Waals surface area (Å²) >= 11 is 0. The zero-order chi connectivity index (χ0) is 16.1. The molecule has 0 fully saturated rings. The molecule has 0 spiro atoms. The molecule has 0 radical (unpaired) electrons. The smallest absolute Gasteiger partial charge is 0.354 e. The van der Waals surface area contributed by atoms with E-state index in [4.69, 9.17) is 9.47 Å². The first kappa shape index (κ1) is 14.9. The van der Waals surface area contributed by atoms with Crippen molar-refractivity contribution in [1.82, 2.24) is 4.98 Å². The summed E-state index contributed by atoms with van der Waals surface area (Å²) in [5.41, 5.74) is 3.33. The Kier molecular flexibility index (Phi) is 4.43. The second-order valence-corrected chi connectivity index (χ2v) is 5.06. The zero-order valence-corrected chi connectivity index (χ0v) is 12.8. The van der Waals surface area contributed by atoms with E-state index in [2.05, 4.69) is 4.98 Å². The van der Waals surface area contributed by atoms with E-state index in [1.165, 1.54) is 7.11 Å². The maximum Gasteiger partial charge on any atom is 0.354 e. The maximum absolute atomic E-state index is 11.6. The number of esters is 1. The molecule has 0 saturated heterocycles. The summed E-state index contributed by atoms with van der Waals surface area (Å²) in [7, 11) is 1.36. The average molecular weight is 307 g/mol. The molecule has 3 rings (SSSR count). The van der Waals surface area contributed by atoms with Crippen molar-refractivity contribution in [2.24, 2.45) is 0 Å². The Morgan fingerprint density at radius 1 is 1.04 bits per heavy atom. The molecule has 0 saturated carbocycles. The summed E-state index contributed by atoms with van der Waals surface area (Å²) in [4.78, 5) is 14.5. The number of methoxy groups -OCH3 is 1. The lowest BCUT2D eigenvalue weighted by Gasteiger charge is -2.10. The van der Waals surface area contributed by atoms with Gasteiger partial charge in [0.05, 0.1) is 7.11 Å². The number of para-hydroxylation sites is 1. The van der Waals surface area contributed by atoms with Crippen LogP contribution < -0.4 is 4.74 Å². The van der Waals surface area contributed by atoms with Crippen LogP contribution in [-0.4, -0.2) is 18.1 Å². The Hall–Kier alpha value is -3.01. The molecule has 0 aliphatic carbocycles. The molecule has 1 heterocycles. The van der Waals surface area contributed by atoms with Crippen LogP contribution in [-0.2, 0) is 11.3 Å². The lowest BCUT2D eigenvalue weighted by Crippen LogP contribution is -2.00. The second-order valence-electron chi connectivity index (χ2n) is 5.06. The highest BCUT2D eigenvalue weighted by Gasteiger charge is 2.12. The van der Waals surface area contributed by atoms with Gasteiger partial charge in [0.2, 0.25) is 0 Å². The largest absolute Gasteiger partial charge is 0.488 e. The number of H-pyrrole nitrogens is 1. The first-order valence-corrected chi connectivity index (χ1v) is 7.31. The van der Waals surface area contributed by atoms with E-state index in [-0.39, 0.29) is 5.97 Å². The molecule has 3 aromatic rings. The van der Waals surface area contributed by atoms with Crippen LogP contribution in [0.3, 0.4) is 0 Å². The van der Waals surface area contributed by atoms with E-state index in [1.807, 2.05) is 54.6 Å². The third-order valence-corrected chi connectivity index (χ3v) is 3.52. The van der Waals surface area contributed by atoms with E-state index in [1.54, 1.807) is 12.3 Å². The molecule has 0 amide bonds. The minimum Gasteiger partial charge on any atom is -0.488 e. The summed E-state index contributed by atoms with van der Waals surface area (Å²) in [5, 5.41) is 0. The van der Waals surface area contributed by atoms with Crippen molar-refractivity contribution in [3.63, 3.8) is 0 Å². The molecular formula is C19H17NO3. The van der Waals surface area contributed by atoms with Crippen LogP contribution in [0.2, 0.25) is 0 Å². The molecule has 116 valence electrons. The average Bonchev–Trinajstić information content (AvgIpc) is 3.10. The predicted molar refractivity (Wildman–Crippen MR) is 88.3 cm³/mol. The third kappa shape index (κ3) is 3.43.